The van der Waals surface area contributed by atoms with Crippen molar-refractivity contribution in [2.24, 2.45) is 0 Å². The van der Waals surface area contributed by atoms with Crippen LogP contribution in [0.1, 0.15) is 16.7 Å². The van der Waals surface area contributed by atoms with E-state index in [2.05, 4.69) is 5.32 Å². The molecule has 2 aromatic carbocycles. The molecule has 164 valence electrons. The number of alkyl halides is 1. The van der Waals surface area contributed by atoms with Gasteiger partial charge in [-0.2, -0.15) is 0 Å². The van der Waals surface area contributed by atoms with Gasteiger partial charge in [-0.1, -0.05) is 66.7 Å². The Balaban J connectivity index is 1.47. The van der Waals surface area contributed by atoms with Crippen LogP contribution in [0.5, 0.6) is 0 Å². The number of carbonyl (C=O) groups is 3. The SMILES string of the molecule is O=C(Cc1ccccc1)NC1C(=O)N2C(C(=O)O)=C(/C=C/c3ccc(CCl)cc3)CS[C@H]12. The minimum atomic E-state index is -1.16. The van der Waals surface area contributed by atoms with Gasteiger partial charge in [0.15, 0.2) is 0 Å². The molecular weight excluding hydrogens is 448 g/mol. The number of carboxylic acids is 1. The van der Waals surface area contributed by atoms with E-state index in [0.29, 0.717) is 17.2 Å². The highest BCUT2D eigenvalue weighted by Gasteiger charge is 2.53. The number of nitrogens with zero attached hydrogens (tertiary/aromatic N) is 1. The molecule has 0 aromatic heterocycles. The summed E-state index contributed by atoms with van der Waals surface area (Å²) in [5.74, 6) is -0.969. The number of carboxylic acid groups (broad SMARTS) is 1. The molecule has 0 aliphatic carbocycles. The van der Waals surface area contributed by atoms with E-state index in [1.54, 1.807) is 6.08 Å². The van der Waals surface area contributed by atoms with Crippen molar-refractivity contribution in [3.8, 4) is 0 Å². The van der Waals surface area contributed by atoms with Gasteiger partial charge in [0.1, 0.15) is 17.1 Å². The Kier molecular flexibility index (Phi) is 6.67. The molecule has 2 N–H and O–H groups in total. The van der Waals surface area contributed by atoms with E-state index in [1.807, 2.05) is 60.7 Å². The lowest BCUT2D eigenvalue weighted by molar-refractivity contribution is -0.150. The zero-order chi connectivity index (χ0) is 22.7. The second kappa shape index (κ2) is 9.63. The number of hydrogen-bond acceptors (Lipinski definition) is 4. The molecule has 4 rings (SSSR count). The van der Waals surface area contributed by atoms with Crippen LogP contribution in [0.4, 0.5) is 0 Å². The van der Waals surface area contributed by atoms with Crippen molar-refractivity contribution < 1.29 is 19.5 Å². The molecule has 2 aliphatic rings. The summed E-state index contributed by atoms with van der Waals surface area (Å²) >= 11 is 7.25. The first kappa shape index (κ1) is 22.2. The van der Waals surface area contributed by atoms with Gasteiger partial charge in [-0.25, -0.2) is 4.79 Å². The van der Waals surface area contributed by atoms with Crippen LogP contribution in [0.15, 0.2) is 71.9 Å². The number of amides is 2. The quantitative estimate of drug-likeness (QED) is 0.480. The number of β-lactam (4-membered cyclic amide) rings is 1. The van der Waals surface area contributed by atoms with Gasteiger partial charge in [0, 0.05) is 11.6 Å². The summed E-state index contributed by atoms with van der Waals surface area (Å²) in [6, 6.07) is 16.2. The number of halogens is 1. The molecule has 32 heavy (non-hydrogen) atoms. The van der Waals surface area contributed by atoms with Crippen LogP contribution in [-0.4, -0.2) is 45.0 Å². The van der Waals surface area contributed by atoms with E-state index in [4.69, 9.17) is 11.6 Å². The molecule has 2 aromatic rings. The molecule has 1 fully saturated rings. The lowest BCUT2D eigenvalue weighted by Crippen LogP contribution is -2.70. The Morgan fingerprint density at radius 2 is 1.81 bits per heavy atom. The van der Waals surface area contributed by atoms with Crippen LogP contribution in [-0.2, 0) is 26.7 Å². The number of carbonyl (C=O) groups excluding carboxylic acids is 2. The van der Waals surface area contributed by atoms with Gasteiger partial charge in [0.2, 0.25) is 5.91 Å². The third kappa shape index (κ3) is 4.59. The number of aliphatic carboxylic acids is 1. The topological polar surface area (TPSA) is 86.7 Å². The predicted molar refractivity (Wildman–Crippen MR) is 125 cm³/mol. The van der Waals surface area contributed by atoms with Gasteiger partial charge in [-0.05, 0) is 22.3 Å². The van der Waals surface area contributed by atoms with Crippen LogP contribution < -0.4 is 5.32 Å². The van der Waals surface area contributed by atoms with Crippen molar-refractivity contribution >= 4 is 47.2 Å². The molecule has 2 aliphatic heterocycles. The first-order chi connectivity index (χ1) is 15.5. The summed E-state index contributed by atoms with van der Waals surface area (Å²) in [7, 11) is 0. The standard InChI is InChI=1S/C24H21ClN2O4S/c25-13-17-8-6-15(7-9-17)10-11-18-14-32-23-20(22(29)27(23)21(18)24(30)31)26-19(28)12-16-4-2-1-3-5-16/h1-11,20,23H,12-14H2,(H,26,28)(H,30,31)/b11-10+/t20?,23-/m1/s1. The average molecular weight is 469 g/mol. The Bertz CT molecular complexity index is 1100. The summed E-state index contributed by atoms with van der Waals surface area (Å²) in [5, 5.41) is 12.1. The number of allylic oxidation sites excluding steroid dienone is 1. The summed E-state index contributed by atoms with van der Waals surface area (Å²) in [6.45, 7) is 0. The second-order valence-corrected chi connectivity index (χ2v) is 8.88. The van der Waals surface area contributed by atoms with Crippen molar-refractivity contribution in [3.05, 3.63) is 88.6 Å². The fourth-order valence-corrected chi connectivity index (χ4v) is 5.19. The van der Waals surface area contributed by atoms with Crippen molar-refractivity contribution in [3.63, 3.8) is 0 Å². The number of benzene rings is 2. The molecule has 1 saturated heterocycles. The molecule has 2 atom stereocenters. The molecule has 0 radical (unpaired) electrons. The largest absolute Gasteiger partial charge is 0.477 e. The maximum absolute atomic E-state index is 12.8. The first-order valence-corrected chi connectivity index (χ1v) is 11.6. The van der Waals surface area contributed by atoms with Crippen molar-refractivity contribution in [2.75, 3.05) is 5.75 Å². The predicted octanol–water partition coefficient (Wildman–Crippen LogP) is 3.42. The first-order valence-electron chi connectivity index (χ1n) is 10.1. The Hall–Kier alpha value is -3.03. The fraction of sp³-hybridized carbons (Fsp3) is 0.208. The monoisotopic (exact) mass is 468 g/mol. The minimum Gasteiger partial charge on any atom is -0.477 e. The number of thioether (sulfide) groups is 1. The molecule has 8 heteroatoms. The van der Waals surface area contributed by atoms with Crippen molar-refractivity contribution in [1.82, 2.24) is 10.2 Å². The molecule has 0 bridgehead atoms. The summed E-state index contributed by atoms with van der Waals surface area (Å²) in [4.78, 5) is 38.4. The third-order valence-corrected chi connectivity index (χ3v) is 6.95. The number of rotatable bonds is 7. The van der Waals surface area contributed by atoms with Crippen molar-refractivity contribution in [1.29, 1.82) is 0 Å². The van der Waals surface area contributed by atoms with Gasteiger partial charge < -0.3 is 10.4 Å². The lowest BCUT2D eigenvalue weighted by atomic mass is 10.0. The van der Waals surface area contributed by atoms with Gasteiger partial charge in [0.05, 0.1) is 6.42 Å². The summed E-state index contributed by atoms with van der Waals surface area (Å²) < 4.78 is 0. The van der Waals surface area contributed by atoms with Crippen LogP contribution in [0.25, 0.3) is 6.08 Å². The van der Waals surface area contributed by atoms with Crippen LogP contribution in [0.2, 0.25) is 0 Å². The van der Waals surface area contributed by atoms with Gasteiger partial charge in [0.25, 0.3) is 5.91 Å². The highest BCUT2D eigenvalue weighted by atomic mass is 35.5. The van der Waals surface area contributed by atoms with Crippen molar-refractivity contribution in [2.45, 2.75) is 23.7 Å². The maximum Gasteiger partial charge on any atom is 0.352 e. The van der Waals surface area contributed by atoms with Crippen LogP contribution in [0, 0.1) is 0 Å². The normalized spacial score (nSPS) is 20.2. The smallest absolute Gasteiger partial charge is 0.352 e. The Morgan fingerprint density at radius 3 is 2.47 bits per heavy atom. The molecule has 2 amide bonds. The maximum atomic E-state index is 12.8. The lowest BCUT2D eigenvalue weighted by Gasteiger charge is -2.49. The van der Waals surface area contributed by atoms with E-state index < -0.39 is 23.3 Å². The van der Waals surface area contributed by atoms with E-state index in [9.17, 15) is 19.5 Å². The third-order valence-electron chi connectivity index (χ3n) is 5.34. The highest BCUT2D eigenvalue weighted by molar-refractivity contribution is 8.00. The number of fused-ring (bicyclic) bond motifs is 1. The minimum absolute atomic E-state index is 0.0269. The Morgan fingerprint density at radius 1 is 1.09 bits per heavy atom. The molecule has 0 spiro atoms. The molecule has 0 saturated carbocycles. The molecule has 1 unspecified atom stereocenters. The van der Waals surface area contributed by atoms with E-state index in [0.717, 1.165) is 16.7 Å². The summed E-state index contributed by atoms with van der Waals surface area (Å²) in [6.07, 6.45) is 3.72. The zero-order valence-corrected chi connectivity index (χ0v) is 18.6. The fourth-order valence-electron chi connectivity index (χ4n) is 3.69. The molecule has 6 nitrogen and oxygen atoms in total. The van der Waals surface area contributed by atoms with E-state index in [-0.39, 0.29) is 18.0 Å². The van der Waals surface area contributed by atoms with Crippen LogP contribution >= 0.6 is 23.4 Å². The number of hydrogen-bond donors (Lipinski definition) is 2. The van der Waals surface area contributed by atoms with E-state index >= 15 is 0 Å². The molecule has 2 heterocycles. The second-order valence-electron chi connectivity index (χ2n) is 7.50. The van der Waals surface area contributed by atoms with Gasteiger partial charge in [-0.3, -0.25) is 14.5 Å². The van der Waals surface area contributed by atoms with Gasteiger partial charge in [-0.15, -0.1) is 23.4 Å². The average Bonchev–Trinajstić information content (AvgIpc) is 2.81. The number of nitrogens with one attached hydrogen (secondary N) is 1. The zero-order valence-electron chi connectivity index (χ0n) is 17.0. The van der Waals surface area contributed by atoms with E-state index in [1.165, 1.54) is 16.7 Å². The van der Waals surface area contributed by atoms with Gasteiger partial charge >= 0.3 is 5.97 Å². The molecular formula is C24H21ClN2O4S. The Labute approximate surface area is 194 Å². The van der Waals surface area contributed by atoms with Crippen LogP contribution in [0.3, 0.4) is 0 Å². The highest BCUT2D eigenvalue weighted by Crippen LogP contribution is 2.40. The summed E-state index contributed by atoms with van der Waals surface area (Å²) in [5.41, 5.74) is 3.28.